The van der Waals surface area contributed by atoms with Crippen molar-refractivity contribution in [1.82, 2.24) is 10.6 Å². The second kappa shape index (κ2) is 10.5. The molecule has 2 aromatic rings. The summed E-state index contributed by atoms with van der Waals surface area (Å²) in [7, 11) is 5.85. The van der Waals surface area contributed by atoms with Crippen molar-refractivity contribution in [3.63, 3.8) is 0 Å². The number of benzene rings is 2. The van der Waals surface area contributed by atoms with Crippen molar-refractivity contribution in [3.8, 4) is 0 Å². The van der Waals surface area contributed by atoms with Gasteiger partial charge in [-0.15, -0.1) is 0 Å². The lowest BCUT2D eigenvalue weighted by Crippen LogP contribution is -2.40. The van der Waals surface area contributed by atoms with E-state index in [4.69, 9.17) is 0 Å². The molecule has 0 radical (unpaired) electrons. The fraction of sp³-hybridized carbons (Fsp3) is 0.381. The molecule has 0 aliphatic carbocycles. The number of nitrogens with one attached hydrogen (secondary N) is 2. The number of aliphatic hydroxyl groups is 1. The van der Waals surface area contributed by atoms with E-state index in [9.17, 15) is 5.11 Å². The maximum absolute atomic E-state index is 9.65. The summed E-state index contributed by atoms with van der Waals surface area (Å²) in [5.74, 6) is 0.803. The van der Waals surface area contributed by atoms with Crippen molar-refractivity contribution < 1.29 is 5.11 Å². The normalized spacial score (nSPS) is 12.5. The van der Waals surface area contributed by atoms with Crippen LogP contribution in [0.25, 0.3) is 0 Å². The van der Waals surface area contributed by atoms with Crippen LogP contribution in [-0.4, -0.2) is 51.9 Å². The lowest BCUT2D eigenvalue weighted by molar-refractivity contribution is 0.265. The topological polar surface area (TPSA) is 59.9 Å². The van der Waals surface area contributed by atoms with E-state index in [1.54, 1.807) is 7.05 Å². The second-order valence-electron chi connectivity index (χ2n) is 6.48. The third-order valence-electron chi connectivity index (χ3n) is 4.39. The quantitative estimate of drug-likeness (QED) is 0.503. The van der Waals surface area contributed by atoms with Gasteiger partial charge in [-0.05, 0) is 29.7 Å². The highest BCUT2D eigenvalue weighted by molar-refractivity contribution is 5.79. The van der Waals surface area contributed by atoms with Crippen LogP contribution in [0.15, 0.2) is 59.6 Å². The van der Waals surface area contributed by atoms with E-state index in [1.165, 1.54) is 11.3 Å². The minimum atomic E-state index is 0.0494. The molecule has 0 fully saturated rings. The van der Waals surface area contributed by atoms with Gasteiger partial charge in [-0.1, -0.05) is 42.5 Å². The molecule has 0 aliphatic heterocycles. The Morgan fingerprint density at radius 2 is 1.73 bits per heavy atom. The number of rotatable bonds is 8. The number of hydrogen-bond donors (Lipinski definition) is 3. The van der Waals surface area contributed by atoms with Crippen molar-refractivity contribution in [1.29, 1.82) is 0 Å². The van der Waals surface area contributed by atoms with E-state index < -0.39 is 0 Å². The molecule has 0 aliphatic rings. The van der Waals surface area contributed by atoms with Crippen LogP contribution in [0, 0.1) is 0 Å². The van der Waals surface area contributed by atoms with Gasteiger partial charge in [0.2, 0.25) is 0 Å². The molecule has 0 saturated carbocycles. The van der Waals surface area contributed by atoms with E-state index in [2.05, 4.69) is 44.8 Å². The zero-order chi connectivity index (χ0) is 18.8. The zero-order valence-corrected chi connectivity index (χ0v) is 15.9. The predicted octanol–water partition coefficient (Wildman–Crippen LogP) is 2.24. The highest BCUT2D eigenvalue weighted by Gasteiger charge is 2.10. The minimum absolute atomic E-state index is 0.0494. The van der Waals surface area contributed by atoms with E-state index in [0.717, 1.165) is 24.5 Å². The van der Waals surface area contributed by atoms with Crippen LogP contribution < -0.4 is 15.5 Å². The number of hydrogen-bond acceptors (Lipinski definition) is 3. The molecular formula is C21H30N4O. The molecule has 5 heteroatoms. The molecule has 140 valence electrons. The highest BCUT2D eigenvalue weighted by Crippen LogP contribution is 2.14. The Kier molecular flexibility index (Phi) is 7.96. The van der Waals surface area contributed by atoms with E-state index in [1.807, 2.05) is 44.4 Å². The third-order valence-corrected chi connectivity index (χ3v) is 4.39. The predicted molar refractivity (Wildman–Crippen MR) is 110 cm³/mol. The number of aliphatic imine (C=N–C) groups is 1. The zero-order valence-electron chi connectivity index (χ0n) is 15.9. The smallest absolute Gasteiger partial charge is 0.191 e. The fourth-order valence-electron chi connectivity index (χ4n) is 2.74. The monoisotopic (exact) mass is 354 g/mol. The maximum atomic E-state index is 9.65. The molecule has 2 rings (SSSR count). The number of aliphatic hydroxyl groups excluding tert-OH is 1. The number of anilines is 1. The molecule has 0 spiro atoms. The molecule has 0 heterocycles. The van der Waals surface area contributed by atoms with Gasteiger partial charge in [0.05, 0.1) is 6.61 Å². The Bertz CT molecular complexity index is 668. The summed E-state index contributed by atoms with van der Waals surface area (Å²) < 4.78 is 0. The fourth-order valence-corrected chi connectivity index (χ4v) is 2.74. The average Bonchev–Trinajstić information content (AvgIpc) is 2.68. The van der Waals surface area contributed by atoms with Gasteiger partial charge in [0.1, 0.15) is 0 Å². The first-order valence-corrected chi connectivity index (χ1v) is 9.00. The van der Waals surface area contributed by atoms with Crippen LogP contribution in [0.3, 0.4) is 0 Å². The molecule has 5 nitrogen and oxygen atoms in total. The molecular weight excluding hydrogens is 324 g/mol. The first-order chi connectivity index (χ1) is 12.6. The van der Waals surface area contributed by atoms with Gasteiger partial charge < -0.3 is 20.6 Å². The Morgan fingerprint density at radius 3 is 2.31 bits per heavy atom. The van der Waals surface area contributed by atoms with Gasteiger partial charge in [0.15, 0.2) is 5.96 Å². The molecule has 1 unspecified atom stereocenters. The van der Waals surface area contributed by atoms with Crippen molar-refractivity contribution >= 4 is 11.6 Å². The molecule has 0 aromatic heterocycles. The van der Waals surface area contributed by atoms with E-state index in [-0.39, 0.29) is 12.5 Å². The van der Waals surface area contributed by atoms with Crippen LogP contribution in [0.4, 0.5) is 5.69 Å². The summed E-state index contributed by atoms with van der Waals surface area (Å²) in [6.07, 6.45) is 0.927. The maximum Gasteiger partial charge on any atom is 0.191 e. The Morgan fingerprint density at radius 1 is 1.04 bits per heavy atom. The third kappa shape index (κ3) is 6.08. The average molecular weight is 354 g/mol. The summed E-state index contributed by atoms with van der Waals surface area (Å²) in [6, 6.07) is 18.6. The van der Waals surface area contributed by atoms with Crippen LogP contribution >= 0.6 is 0 Å². The summed E-state index contributed by atoms with van der Waals surface area (Å²) in [4.78, 5) is 6.36. The Labute approximate surface area is 156 Å². The Balaban J connectivity index is 1.78. The summed E-state index contributed by atoms with van der Waals surface area (Å²) in [6.45, 7) is 1.54. The summed E-state index contributed by atoms with van der Waals surface area (Å²) in [5, 5.41) is 16.3. The van der Waals surface area contributed by atoms with Crippen LogP contribution in [0.1, 0.15) is 17.0 Å². The molecule has 0 bridgehead atoms. The first-order valence-electron chi connectivity index (χ1n) is 9.00. The van der Waals surface area contributed by atoms with Crippen LogP contribution in [-0.2, 0) is 6.42 Å². The molecule has 0 amide bonds. The lowest BCUT2D eigenvalue weighted by Gasteiger charge is -2.18. The standard InChI is InChI=1S/C21H30N4O/c1-22-21(24-15-19(16-26)18-7-5-4-6-8-18)23-14-13-17-9-11-20(12-10-17)25(2)3/h4-12,19,26H,13-16H2,1-3H3,(H2,22,23,24). The van der Waals surface area contributed by atoms with Crippen molar-refractivity contribution in [2.24, 2.45) is 4.99 Å². The SMILES string of the molecule is CN=C(NCCc1ccc(N(C)C)cc1)NCC(CO)c1ccccc1. The van der Waals surface area contributed by atoms with Crippen molar-refractivity contribution in [2.75, 3.05) is 45.7 Å². The van der Waals surface area contributed by atoms with Gasteiger partial charge in [0, 0.05) is 45.8 Å². The number of guanidine groups is 1. The largest absolute Gasteiger partial charge is 0.396 e. The molecule has 0 saturated heterocycles. The molecule has 1 atom stereocenters. The molecule has 26 heavy (non-hydrogen) atoms. The van der Waals surface area contributed by atoms with Crippen molar-refractivity contribution in [3.05, 3.63) is 65.7 Å². The van der Waals surface area contributed by atoms with Gasteiger partial charge in [-0.25, -0.2) is 0 Å². The van der Waals surface area contributed by atoms with Gasteiger partial charge in [-0.2, -0.15) is 0 Å². The molecule has 2 aromatic carbocycles. The van der Waals surface area contributed by atoms with Gasteiger partial charge in [0.25, 0.3) is 0 Å². The van der Waals surface area contributed by atoms with Crippen LogP contribution in [0.2, 0.25) is 0 Å². The second-order valence-corrected chi connectivity index (χ2v) is 6.48. The Hall–Kier alpha value is -2.53. The van der Waals surface area contributed by atoms with E-state index in [0.29, 0.717) is 6.54 Å². The minimum Gasteiger partial charge on any atom is -0.396 e. The van der Waals surface area contributed by atoms with Crippen molar-refractivity contribution in [2.45, 2.75) is 12.3 Å². The van der Waals surface area contributed by atoms with Gasteiger partial charge in [-0.3, -0.25) is 4.99 Å². The molecule has 3 N–H and O–H groups in total. The first kappa shape index (κ1) is 19.8. The van der Waals surface area contributed by atoms with Gasteiger partial charge >= 0.3 is 0 Å². The lowest BCUT2D eigenvalue weighted by atomic mass is 10.0. The van der Waals surface area contributed by atoms with E-state index >= 15 is 0 Å². The summed E-state index contributed by atoms with van der Waals surface area (Å²) in [5.41, 5.74) is 3.62. The number of nitrogens with zero attached hydrogens (tertiary/aromatic N) is 2. The summed E-state index contributed by atoms with van der Waals surface area (Å²) >= 11 is 0. The highest BCUT2D eigenvalue weighted by atomic mass is 16.3. The van der Waals surface area contributed by atoms with Crippen LogP contribution in [0.5, 0.6) is 0 Å².